The first-order valence-electron chi connectivity index (χ1n) is 9.17. The summed E-state index contributed by atoms with van der Waals surface area (Å²) < 4.78 is 0. The van der Waals surface area contributed by atoms with E-state index in [0.29, 0.717) is 12.6 Å². The van der Waals surface area contributed by atoms with E-state index in [1.54, 1.807) is 11.3 Å². The standard InChI is InChI=1S/C18H30N4OS/c1-2-19-17(20-14-18(23)7-3-8-18)21-16-4-9-22(10-5-16)12-15-6-11-24-13-15/h6,11,13,16,23H,2-5,7-10,12,14H2,1H3,(H2,19,20,21). The highest BCUT2D eigenvalue weighted by molar-refractivity contribution is 7.07. The van der Waals surface area contributed by atoms with Gasteiger partial charge in [-0.2, -0.15) is 11.3 Å². The van der Waals surface area contributed by atoms with Gasteiger partial charge in [0.15, 0.2) is 5.96 Å². The van der Waals surface area contributed by atoms with Crippen LogP contribution in [0, 0.1) is 0 Å². The molecule has 1 aromatic heterocycles. The number of piperidine rings is 1. The molecule has 5 nitrogen and oxygen atoms in total. The van der Waals surface area contributed by atoms with Crippen molar-refractivity contribution in [3.8, 4) is 0 Å². The predicted octanol–water partition coefficient (Wildman–Crippen LogP) is 2.18. The molecule has 134 valence electrons. The second kappa shape index (κ2) is 8.32. The highest BCUT2D eigenvalue weighted by Gasteiger charge is 2.34. The Kier molecular flexibility index (Phi) is 6.14. The number of aliphatic hydroxyl groups is 1. The van der Waals surface area contributed by atoms with Gasteiger partial charge in [0.25, 0.3) is 0 Å². The number of hydrogen-bond acceptors (Lipinski definition) is 4. The van der Waals surface area contributed by atoms with Crippen LogP contribution in [0.25, 0.3) is 0 Å². The van der Waals surface area contributed by atoms with E-state index in [4.69, 9.17) is 0 Å². The van der Waals surface area contributed by atoms with Gasteiger partial charge in [0.05, 0.1) is 12.1 Å². The molecule has 6 heteroatoms. The molecule has 1 aliphatic carbocycles. The van der Waals surface area contributed by atoms with Crippen LogP contribution in [0.2, 0.25) is 0 Å². The maximum absolute atomic E-state index is 10.2. The first-order valence-corrected chi connectivity index (χ1v) is 10.1. The van der Waals surface area contributed by atoms with Crippen molar-refractivity contribution in [1.29, 1.82) is 0 Å². The van der Waals surface area contributed by atoms with Crippen LogP contribution in [0.5, 0.6) is 0 Å². The van der Waals surface area contributed by atoms with E-state index in [9.17, 15) is 5.11 Å². The van der Waals surface area contributed by atoms with Crippen molar-refractivity contribution >= 4 is 17.3 Å². The number of nitrogens with one attached hydrogen (secondary N) is 2. The van der Waals surface area contributed by atoms with Gasteiger partial charge in [0.2, 0.25) is 0 Å². The SMILES string of the molecule is CCNC(=NCC1(O)CCC1)NC1CCN(Cc2ccsc2)CC1. The van der Waals surface area contributed by atoms with E-state index in [1.807, 2.05) is 0 Å². The normalized spacial score (nSPS) is 22.2. The number of likely N-dealkylation sites (tertiary alicyclic amines) is 1. The summed E-state index contributed by atoms with van der Waals surface area (Å²) in [5.74, 6) is 0.856. The minimum absolute atomic E-state index is 0.470. The molecule has 2 heterocycles. The van der Waals surface area contributed by atoms with Gasteiger partial charge in [-0.25, -0.2) is 0 Å². The van der Waals surface area contributed by atoms with Gasteiger partial charge < -0.3 is 15.7 Å². The minimum atomic E-state index is -0.549. The van der Waals surface area contributed by atoms with Gasteiger partial charge in [-0.15, -0.1) is 0 Å². The molecule has 0 atom stereocenters. The predicted molar refractivity (Wildman–Crippen MR) is 101 cm³/mol. The summed E-state index contributed by atoms with van der Waals surface area (Å²) in [6.07, 6.45) is 5.17. The third kappa shape index (κ3) is 4.94. The summed E-state index contributed by atoms with van der Waals surface area (Å²) in [6.45, 7) is 6.75. The molecule has 0 unspecified atom stereocenters. The summed E-state index contributed by atoms with van der Waals surface area (Å²) >= 11 is 1.77. The number of thiophene rings is 1. The second-order valence-electron chi connectivity index (χ2n) is 7.10. The van der Waals surface area contributed by atoms with Crippen LogP contribution in [0.1, 0.15) is 44.6 Å². The number of guanidine groups is 1. The van der Waals surface area contributed by atoms with Gasteiger partial charge in [-0.05, 0) is 61.4 Å². The fourth-order valence-electron chi connectivity index (χ4n) is 3.36. The van der Waals surface area contributed by atoms with Crippen LogP contribution in [0.15, 0.2) is 21.8 Å². The van der Waals surface area contributed by atoms with Gasteiger partial charge in [0, 0.05) is 32.2 Å². The van der Waals surface area contributed by atoms with Crippen molar-refractivity contribution in [3.05, 3.63) is 22.4 Å². The van der Waals surface area contributed by atoms with E-state index in [2.05, 4.69) is 44.3 Å². The molecule has 1 aliphatic heterocycles. The zero-order valence-corrected chi connectivity index (χ0v) is 15.4. The van der Waals surface area contributed by atoms with Crippen LogP contribution in [0.4, 0.5) is 0 Å². The Bertz CT molecular complexity index is 519. The van der Waals surface area contributed by atoms with Crippen molar-refractivity contribution < 1.29 is 5.11 Å². The Morgan fingerprint density at radius 2 is 2.21 bits per heavy atom. The van der Waals surface area contributed by atoms with Gasteiger partial charge in [0.1, 0.15) is 0 Å². The van der Waals surface area contributed by atoms with Gasteiger partial charge in [-0.1, -0.05) is 0 Å². The molecule has 2 aliphatic rings. The third-order valence-corrected chi connectivity index (χ3v) is 5.81. The van der Waals surface area contributed by atoms with Crippen molar-refractivity contribution in [1.82, 2.24) is 15.5 Å². The van der Waals surface area contributed by atoms with Crippen LogP contribution in [0.3, 0.4) is 0 Å². The molecular weight excluding hydrogens is 320 g/mol. The fourth-order valence-corrected chi connectivity index (χ4v) is 4.02. The molecule has 3 rings (SSSR count). The zero-order valence-electron chi connectivity index (χ0n) is 14.6. The lowest BCUT2D eigenvalue weighted by Gasteiger charge is -2.36. The van der Waals surface area contributed by atoms with Crippen LogP contribution >= 0.6 is 11.3 Å². The van der Waals surface area contributed by atoms with Gasteiger partial charge in [-0.3, -0.25) is 9.89 Å². The van der Waals surface area contributed by atoms with E-state index < -0.39 is 5.60 Å². The number of nitrogens with zero attached hydrogens (tertiary/aromatic N) is 2. The summed E-state index contributed by atoms with van der Waals surface area (Å²) in [5.41, 5.74) is 0.877. The molecule has 1 aromatic rings. The quantitative estimate of drug-likeness (QED) is 0.544. The second-order valence-corrected chi connectivity index (χ2v) is 7.88. The first kappa shape index (κ1) is 17.7. The lowest BCUT2D eigenvalue weighted by molar-refractivity contribution is -0.0236. The van der Waals surface area contributed by atoms with Crippen molar-refractivity contribution in [3.63, 3.8) is 0 Å². The highest BCUT2D eigenvalue weighted by Crippen LogP contribution is 2.31. The molecule has 1 saturated carbocycles. The third-order valence-electron chi connectivity index (χ3n) is 5.07. The van der Waals surface area contributed by atoms with Crippen LogP contribution < -0.4 is 10.6 Å². The van der Waals surface area contributed by atoms with Gasteiger partial charge >= 0.3 is 0 Å². The Morgan fingerprint density at radius 3 is 2.79 bits per heavy atom. The monoisotopic (exact) mass is 350 g/mol. The Hall–Kier alpha value is -1.11. The summed E-state index contributed by atoms with van der Waals surface area (Å²) in [5, 5.41) is 21.5. The van der Waals surface area contributed by atoms with E-state index in [0.717, 1.165) is 64.2 Å². The Balaban J connectivity index is 1.44. The number of hydrogen-bond donors (Lipinski definition) is 3. The molecule has 2 fully saturated rings. The lowest BCUT2D eigenvalue weighted by atomic mass is 9.80. The number of rotatable bonds is 6. The summed E-state index contributed by atoms with van der Waals surface area (Å²) in [4.78, 5) is 7.14. The summed E-state index contributed by atoms with van der Waals surface area (Å²) in [7, 11) is 0. The summed E-state index contributed by atoms with van der Waals surface area (Å²) in [6, 6.07) is 2.69. The molecule has 1 saturated heterocycles. The average Bonchev–Trinajstić information content (AvgIpc) is 3.06. The maximum Gasteiger partial charge on any atom is 0.191 e. The number of aliphatic imine (C=N–C) groups is 1. The fraction of sp³-hybridized carbons (Fsp3) is 0.722. The Morgan fingerprint density at radius 1 is 1.42 bits per heavy atom. The minimum Gasteiger partial charge on any atom is -0.388 e. The van der Waals surface area contributed by atoms with Crippen LogP contribution in [-0.2, 0) is 6.54 Å². The largest absolute Gasteiger partial charge is 0.388 e. The highest BCUT2D eigenvalue weighted by atomic mass is 32.1. The molecule has 3 N–H and O–H groups in total. The van der Waals surface area contributed by atoms with E-state index in [-0.39, 0.29) is 0 Å². The molecule has 0 spiro atoms. The zero-order chi connectivity index (χ0) is 16.8. The lowest BCUT2D eigenvalue weighted by Crippen LogP contribution is -2.49. The molecule has 0 bridgehead atoms. The topological polar surface area (TPSA) is 59.9 Å². The van der Waals surface area contributed by atoms with Crippen molar-refractivity contribution in [2.45, 2.75) is 57.2 Å². The average molecular weight is 351 g/mol. The maximum atomic E-state index is 10.2. The molecule has 0 aromatic carbocycles. The van der Waals surface area contributed by atoms with E-state index >= 15 is 0 Å². The molecule has 24 heavy (non-hydrogen) atoms. The molecule has 0 amide bonds. The smallest absolute Gasteiger partial charge is 0.191 e. The Labute approximate surface area is 149 Å². The van der Waals surface area contributed by atoms with Crippen molar-refractivity contribution in [2.75, 3.05) is 26.2 Å². The van der Waals surface area contributed by atoms with Crippen LogP contribution in [-0.4, -0.2) is 53.8 Å². The molecular formula is C18H30N4OS. The van der Waals surface area contributed by atoms with E-state index in [1.165, 1.54) is 5.56 Å². The van der Waals surface area contributed by atoms with Crippen molar-refractivity contribution in [2.24, 2.45) is 4.99 Å². The first-order chi connectivity index (χ1) is 11.7. The molecule has 0 radical (unpaired) electrons.